The van der Waals surface area contributed by atoms with Crippen LogP contribution in [0.15, 0.2) is 54.6 Å². The Hall–Kier alpha value is -2.59. The van der Waals surface area contributed by atoms with Gasteiger partial charge in [0.1, 0.15) is 5.82 Å². The highest BCUT2D eigenvalue weighted by Crippen LogP contribution is 2.34. The van der Waals surface area contributed by atoms with Crippen molar-refractivity contribution in [3.63, 3.8) is 0 Å². The van der Waals surface area contributed by atoms with Gasteiger partial charge in [-0.3, -0.25) is 0 Å². The van der Waals surface area contributed by atoms with E-state index in [0.717, 1.165) is 44.1 Å². The van der Waals surface area contributed by atoms with Gasteiger partial charge >= 0.3 is 0 Å². The molecule has 1 heterocycles. The van der Waals surface area contributed by atoms with Gasteiger partial charge in [0.05, 0.1) is 12.7 Å². The molecule has 210 valence electrons. The predicted molar refractivity (Wildman–Crippen MR) is 156 cm³/mol. The zero-order valence-electron chi connectivity index (χ0n) is 23.6. The van der Waals surface area contributed by atoms with Crippen molar-refractivity contribution in [1.82, 2.24) is 0 Å². The van der Waals surface area contributed by atoms with Gasteiger partial charge in [0.15, 0.2) is 11.6 Å². The average molecular weight is 537 g/mol. The van der Waals surface area contributed by atoms with Crippen LogP contribution < -0.4 is 0 Å². The Morgan fingerprint density at radius 3 is 2.03 bits per heavy atom. The third-order valence-electron chi connectivity index (χ3n) is 8.18. The minimum absolute atomic E-state index is 0.218. The number of hydrogen-bond acceptors (Lipinski definition) is 1. The molecule has 3 aromatic carbocycles. The number of unbranched alkanes of at least 4 members (excludes halogenated alkanes) is 6. The van der Waals surface area contributed by atoms with Crippen LogP contribution in [0.4, 0.5) is 13.2 Å². The minimum atomic E-state index is -0.819. The number of rotatable bonds is 13. The molecule has 3 aromatic rings. The second kappa shape index (κ2) is 14.7. The lowest BCUT2D eigenvalue weighted by atomic mass is 9.89. The Kier molecular flexibility index (Phi) is 11.1. The third-order valence-corrected chi connectivity index (χ3v) is 8.18. The van der Waals surface area contributed by atoms with E-state index >= 15 is 4.39 Å². The van der Waals surface area contributed by atoms with Crippen molar-refractivity contribution >= 4 is 0 Å². The van der Waals surface area contributed by atoms with Crippen molar-refractivity contribution in [2.45, 2.75) is 103 Å². The molecule has 0 N–H and O–H groups in total. The van der Waals surface area contributed by atoms with Crippen LogP contribution in [0.1, 0.15) is 102 Å². The van der Waals surface area contributed by atoms with E-state index in [1.54, 1.807) is 42.5 Å². The average Bonchev–Trinajstić information content (AvgIpc) is 2.96. The largest absolute Gasteiger partial charge is 0.378 e. The van der Waals surface area contributed by atoms with Crippen molar-refractivity contribution < 1.29 is 17.9 Å². The summed E-state index contributed by atoms with van der Waals surface area (Å²) in [6.45, 7) is 4.96. The van der Waals surface area contributed by atoms with E-state index < -0.39 is 11.6 Å². The Labute approximate surface area is 232 Å². The van der Waals surface area contributed by atoms with E-state index in [-0.39, 0.29) is 17.3 Å². The van der Waals surface area contributed by atoms with Gasteiger partial charge in [-0.25, -0.2) is 13.2 Å². The van der Waals surface area contributed by atoms with E-state index in [2.05, 4.69) is 13.8 Å². The summed E-state index contributed by atoms with van der Waals surface area (Å²) in [7, 11) is 0. The van der Waals surface area contributed by atoms with Crippen molar-refractivity contribution in [3.8, 4) is 22.3 Å². The number of aryl methyl sites for hydroxylation is 1. The molecule has 4 heteroatoms. The van der Waals surface area contributed by atoms with E-state index in [9.17, 15) is 8.78 Å². The second-order valence-electron chi connectivity index (χ2n) is 11.1. The fourth-order valence-electron chi connectivity index (χ4n) is 5.69. The molecule has 0 aromatic heterocycles. The van der Waals surface area contributed by atoms with Crippen LogP contribution in [0.25, 0.3) is 22.3 Å². The van der Waals surface area contributed by atoms with Crippen LogP contribution in [0.2, 0.25) is 0 Å². The lowest BCUT2D eigenvalue weighted by molar-refractivity contribution is -0.00217. The summed E-state index contributed by atoms with van der Waals surface area (Å²) in [6, 6.07) is 15.8. The highest BCUT2D eigenvalue weighted by molar-refractivity contribution is 5.71. The van der Waals surface area contributed by atoms with Gasteiger partial charge in [-0.1, -0.05) is 107 Å². The molecule has 0 radical (unpaired) electrons. The monoisotopic (exact) mass is 536 g/mol. The third kappa shape index (κ3) is 7.75. The first-order valence-corrected chi connectivity index (χ1v) is 15.0. The van der Waals surface area contributed by atoms with Gasteiger partial charge in [-0.05, 0) is 60.4 Å². The molecule has 2 unspecified atom stereocenters. The van der Waals surface area contributed by atoms with E-state index in [1.807, 2.05) is 12.1 Å². The highest BCUT2D eigenvalue weighted by Gasteiger charge is 2.23. The quantitative estimate of drug-likeness (QED) is 0.197. The molecule has 39 heavy (non-hydrogen) atoms. The first-order valence-electron chi connectivity index (χ1n) is 15.0. The van der Waals surface area contributed by atoms with E-state index in [1.165, 1.54) is 32.1 Å². The highest BCUT2D eigenvalue weighted by atomic mass is 19.2. The zero-order chi connectivity index (χ0) is 27.6. The number of halogens is 3. The molecular formula is C35H43F3O. The summed E-state index contributed by atoms with van der Waals surface area (Å²) in [4.78, 5) is 0. The van der Waals surface area contributed by atoms with Gasteiger partial charge in [0, 0.05) is 17.0 Å². The Morgan fingerprint density at radius 1 is 0.692 bits per heavy atom. The molecule has 0 spiro atoms. The van der Waals surface area contributed by atoms with Crippen molar-refractivity contribution in [2.75, 3.05) is 6.61 Å². The minimum Gasteiger partial charge on any atom is -0.378 e. The first kappa shape index (κ1) is 29.4. The smallest absolute Gasteiger partial charge is 0.166 e. The fourth-order valence-corrected chi connectivity index (χ4v) is 5.69. The summed E-state index contributed by atoms with van der Waals surface area (Å²) in [5.74, 6) is -1.64. The van der Waals surface area contributed by atoms with E-state index in [4.69, 9.17) is 4.74 Å². The molecule has 0 saturated carbocycles. The maximum absolute atomic E-state index is 15.2. The van der Waals surface area contributed by atoms with Crippen LogP contribution in [-0.2, 0) is 11.2 Å². The van der Waals surface area contributed by atoms with Crippen LogP contribution in [0.3, 0.4) is 0 Å². The fraction of sp³-hybridized carbons (Fsp3) is 0.486. The SMILES string of the molecule is CCCCCCCC1CCC(c2ccc(-c3ccc(-c4ccc(CCCCC)c(F)c4F)cc3)c(F)c2)CO1. The van der Waals surface area contributed by atoms with Gasteiger partial charge in [0.2, 0.25) is 0 Å². The lowest BCUT2D eigenvalue weighted by Crippen LogP contribution is -2.24. The summed E-state index contributed by atoms with van der Waals surface area (Å²) < 4.78 is 50.8. The molecule has 1 fully saturated rings. The molecule has 4 rings (SSSR count). The Bertz CT molecular complexity index is 1180. The Morgan fingerprint density at radius 2 is 1.36 bits per heavy atom. The molecular weight excluding hydrogens is 493 g/mol. The first-order chi connectivity index (χ1) is 19.0. The molecule has 1 aliphatic rings. The predicted octanol–water partition coefficient (Wildman–Crippen LogP) is 10.8. The second-order valence-corrected chi connectivity index (χ2v) is 11.1. The van der Waals surface area contributed by atoms with E-state index in [0.29, 0.717) is 41.4 Å². The molecule has 2 atom stereocenters. The van der Waals surface area contributed by atoms with Crippen LogP contribution in [0.5, 0.6) is 0 Å². The number of benzene rings is 3. The van der Waals surface area contributed by atoms with Crippen LogP contribution >= 0.6 is 0 Å². The molecule has 1 nitrogen and oxygen atoms in total. The Balaban J connectivity index is 1.37. The molecule has 0 aliphatic carbocycles. The summed E-state index contributed by atoms with van der Waals surface area (Å²) in [5.41, 5.74) is 3.42. The normalized spacial score (nSPS) is 17.5. The molecule has 1 saturated heterocycles. The van der Waals surface area contributed by atoms with Gasteiger partial charge in [0.25, 0.3) is 0 Å². The van der Waals surface area contributed by atoms with Crippen LogP contribution in [-0.4, -0.2) is 12.7 Å². The lowest BCUT2D eigenvalue weighted by Gasteiger charge is -2.29. The maximum atomic E-state index is 15.2. The molecule has 1 aliphatic heterocycles. The summed E-state index contributed by atoms with van der Waals surface area (Å²) >= 11 is 0. The van der Waals surface area contributed by atoms with Gasteiger partial charge in [-0.2, -0.15) is 0 Å². The van der Waals surface area contributed by atoms with Crippen molar-refractivity contribution in [3.05, 3.63) is 83.2 Å². The molecule has 0 amide bonds. The topological polar surface area (TPSA) is 9.23 Å². The maximum Gasteiger partial charge on any atom is 0.166 e. The number of hydrogen-bond donors (Lipinski definition) is 0. The summed E-state index contributed by atoms with van der Waals surface area (Å²) in [6.07, 6.45) is 13.3. The van der Waals surface area contributed by atoms with Crippen molar-refractivity contribution in [2.24, 2.45) is 0 Å². The van der Waals surface area contributed by atoms with Crippen molar-refractivity contribution in [1.29, 1.82) is 0 Å². The van der Waals surface area contributed by atoms with Crippen LogP contribution in [0, 0.1) is 17.5 Å². The van der Waals surface area contributed by atoms with Gasteiger partial charge in [-0.15, -0.1) is 0 Å². The zero-order valence-corrected chi connectivity index (χ0v) is 23.6. The summed E-state index contributed by atoms with van der Waals surface area (Å²) in [5, 5.41) is 0. The molecule has 0 bridgehead atoms. The van der Waals surface area contributed by atoms with Gasteiger partial charge < -0.3 is 4.74 Å². The standard InChI is InChI=1S/C35H43F3O/c1-3-5-7-8-10-12-30-20-17-29(24-39-30)28-19-21-31(33(36)23-28)25-13-15-26(16-14-25)32-22-18-27(11-9-6-4-2)34(37)35(32)38/h13-16,18-19,21-23,29-30H,3-12,17,20,24H2,1-2H3. The number of ether oxygens (including phenoxy) is 1.